The summed E-state index contributed by atoms with van der Waals surface area (Å²) in [6.45, 7) is 0.895. The van der Waals surface area contributed by atoms with Crippen LogP contribution in [0.1, 0.15) is 45.7 Å². The fourth-order valence-corrected chi connectivity index (χ4v) is 11.4. The summed E-state index contributed by atoms with van der Waals surface area (Å²) in [5.41, 5.74) is 13.3. The standard InChI is InChI=1S/C19H15Cl2NO2S.C18H13Cl2NO2S.C12H11NO2S.C7H5Cl3/c1-24-19(23)18-16(10-17(25-18)12-5-3-2-4-6-12)22-11-13-7-8-14(20)9-15(13)21;19-13-7-6-12(14(20)8-13)10-21-15-9-16(24-17(15)18(22)23)11-4-2-1-3-5-11;1-15-12(14)11-9(13)7-10(16-11)8-5-3-2-4-6-8;8-4-5-1-2-6(9)3-7(5)10/h2-10,22H,11H2,1H3;1-9,21H,10H2,(H,22,23);2-7H,13H2,1H3;1-3H,4H2. The number of nitrogens with one attached hydrogen (secondary N) is 2. The van der Waals surface area contributed by atoms with E-state index in [1.54, 1.807) is 42.5 Å². The van der Waals surface area contributed by atoms with Crippen LogP contribution in [0.15, 0.2) is 164 Å². The van der Waals surface area contributed by atoms with Gasteiger partial charge in [0.2, 0.25) is 0 Å². The van der Waals surface area contributed by atoms with Crippen LogP contribution in [-0.4, -0.2) is 37.2 Å². The first-order chi connectivity index (χ1) is 36.1. The number of anilines is 3. The molecule has 75 heavy (non-hydrogen) atoms. The summed E-state index contributed by atoms with van der Waals surface area (Å²) >= 11 is 45.1. The minimum atomic E-state index is -0.952. The number of alkyl halides is 1. The SMILES string of the molecule is COC(=O)c1sc(-c2ccccc2)cc1N.COC(=O)c1sc(-c2ccccc2)cc1NCc1ccc(Cl)cc1Cl.ClCc1ccc(Cl)cc1Cl.O=C(O)c1sc(-c2ccccc2)cc1NCc1ccc(Cl)cc1Cl. The second-order valence-corrected chi connectivity index (χ2v) is 21.5. The Labute approximate surface area is 481 Å². The van der Waals surface area contributed by atoms with Gasteiger partial charge in [0.25, 0.3) is 0 Å². The molecule has 9 rings (SSSR count). The fourth-order valence-electron chi connectivity index (χ4n) is 6.68. The Morgan fingerprint density at radius 1 is 0.480 bits per heavy atom. The fraction of sp³-hybridized carbons (Fsp3) is 0.0893. The Balaban J connectivity index is 0.000000170. The van der Waals surface area contributed by atoms with Crippen LogP contribution in [0.25, 0.3) is 31.3 Å². The number of methoxy groups -OCH3 is 2. The zero-order chi connectivity index (χ0) is 54.0. The first-order valence-electron chi connectivity index (χ1n) is 22.2. The molecule has 9 aromatic rings. The van der Waals surface area contributed by atoms with Gasteiger partial charge < -0.3 is 30.9 Å². The monoisotopic (exact) mass is 1200 g/mol. The van der Waals surface area contributed by atoms with Gasteiger partial charge in [-0.3, -0.25) is 0 Å². The van der Waals surface area contributed by atoms with Gasteiger partial charge in [0, 0.05) is 63.7 Å². The topological polar surface area (TPSA) is 140 Å². The Hall–Kier alpha value is -5.74. The van der Waals surface area contributed by atoms with E-state index in [1.807, 2.05) is 121 Å². The number of hydrogen-bond acceptors (Lipinski definition) is 11. The number of hydrogen-bond donors (Lipinski definition) is 4. The van der Waals surface area contributed by atoms with E-state index in [-0.39, 0.29) is 16.8 Å². The lowest BCUT2D eigenvalue weighted by atomic mass is 10.2. The third-order valence-electron chi connectivity index (χ3n) is 10.5. The molecule has 0 saturated carbocycles. The average Bonchev–Trinajstić information content (AvgIpc) is 4.17. The number of thiophene rings is 3. The van der Waals surface area contributed by atoms with Crippen molar-refractivity contribution in [3.63, 3.8) is 0 Å². The smallest absolute Gasteiger partial charge is 0.350 e. The van der Waals surface area contributed by atoms with Crippen molar-refractivity contribution in [1.29, 1.82) is 0 Å². The number of halogens is 7. The molecule has 0 bridgehead atoms. The summed E-state index contributed by atoms with van der Waals surface area (Å²) in [5.74, 6) is -1.27. The maximum absolute atomic E-state index is 12.1. The molecule has 0 fully saturated rings. The van der Waals surface area contributed by atoms with Crippen molar-refractivity contribution in [2.75, 3.05) is 30.6 Å². The number of carboxylic acid groups (broad SMARTS) is 1. The molecule has 0 amide bonds. The molecular formula is C56H44Cl7N3O6S3. The molecule has 0 unspecified atom stereocenters. The molecule has 9 nitrogen and oxygen atoms in total. The molecule has 0 radical (unpaired) electrons. The van der Waals surface area contributed by atoms with Gasteiger partial charge in [-0.2, -0.15) is 0 Å². The number of carbonyl (C=O) groups is 3. The number of rotatable bonds is 13. The predicted molar refractivity (Wildman–Crippen MR) is 317 cm³/mol. The summed E-state index contributed by atoms with van der Waals surface area (Å²) in [5, 5.41) is 19.4. The number of esters is 2. The highest BCUT2D eigenvalue weighted by molar-refractivity contribution is 7.18. The maximum Gasteiger partial charge on any atom is 0.350 e. The van der Waals surface area contributed by atoms with Crippen molar-refractivity contribution < 1.29 is 29.0 Å². The van der Waals surface area contributed by atoms with E-state index in [0.29, 0.717) is 70.2 Å². The van der Waals surface area contributed by atoms with Crippen LogP contribution in [0.2, 0.25) is 30.1 Å². The summed E-state index contributed by atoms with van der Waals surface area (Å²) in [7, 11) is 2.73. The molecule has 6 aromatic carbocycles. The molecule has 3 aromatic heterocycles. The average molecular weight is 1200 g/mol. The predicted octanol–water partition coefficient (Wildman–Crippen LogP) is 18.7. The van der Waals surface area contributed by atoms with E-state index in [1.165, 1.54) is 48.2 Å². The van der Waals surface area contributed by atoms with E-state index in [4.69, 9.17) is 91.7 Å². The van der Waals surface area contributed by atoms with Gasteiger partial charge in [-0.15, -0.1) is 45.6 Å². The Morgan fingerprint density at radius 2 is 0.827 bits per heavy atom. The number of nitrogens with two attached hydrogens (primary N) is 1. The summed E-state index contributed by atoms with van der Waals surface area (Å²) in [6.07, 6.45) is 0. The molecule has 19 heteroatoms. The van der Waals surface area contributed by atoms with Crippen LogP contribution in [0.4, 0.5) is 17.1 Å². The molecule has 0 spiro atoms. The van der Waals surface area contributed by atoms with E-state index in [2.05, 4.69) is 15.4 Å². The first-order valence-corrected chi connectivity index (χ1v) is 27.4. The van der Waals surface area contributed by atoms with Gasteiger partial charge in [0.15, 0.2) is 0 Å². The van der Waals surface area contributed by atoms with Gasteiger partial charge in [-0.25, -0.2) is 14.4 Å². The zero-order valence-corrected chi connectivity index (χ0v) is 47.4. The number of ether oxygens (including phenoxy) is 2. The third kappa shape index (κ3) is 16.9. The summed E-state index contributed by atoms with van der Waals surface area (Å²) in [4.78, 5) is 39.1. The van der Waals surface area contributed by atoms with E-state index in [9.17, 15) is 19.5 Å². The van der Waals surface area contributed by atoms with Crippen molar-refractivity contribution in [1.82, 2.24) is 0 Å². The van der Waals surface area contributed by atoms with Crippen molar-refractivity contribution in [3.8, 4) is 31.3 Å². The van der Waals surface area contributed by atoms with Crippen LogP contribution >= 0.6 is 115 Å². The summed E-state index contributed by atoms with van der Waals surface area (Å²) < 4.78 is 9.56. The van der Waals surface area contributed by atoms with E-state index < -0.39 is 5.97 Å². The van der Waals surface area contributed by atoms with E-state index in [0.717, 1.165) is 53.7 Å². The van der Waals surface area contributed by atoms with Gasteiger partial charge in [0.1, 0.15) is 14.6 Å². The van der Waals surface area contributed by atoms with Crippen molar-refractivity contribution >= 4 is 150 Å². The van der Waals surface area contributed by atoms with Crippen LogP contribution in [0, 0.1) is 0 Å². The van der Waals surface area contributed by atoms with Crippen LogP contribution in [0.5, 0.6) is 0 Å². The van der Waals surface area contributed by atoms with E-state index >= 15 is 0 Å². The van der Waals surface area contributed by atoms with Crippen molar-refractivity contribution in [2.45, 2.75) is 19.0 Å². The Morgan fingerprint density at radius 3 is 1.20 bits per heavy atom. The highest BCUT2D eigenvalue weighted by Gasteiger charge is 2.20. The minimum absolute atomic E-state index is 0.277. The number of aromatic carboxylic acids is 1. The van der Waals surface area contributed by atoms with Gasteiger partial charge in [-0.05, 0) is 88.0 Å². The molecule has 5 N–H and O–H groups in total. The number of nitrogen functional groups attached to an aromatic ring is 1. The van der Waals surface area contributed by atoms with Gasteiger partial charge >= 0.3 is 17.9 Å². The lowest BCUT2D eigenvalue weighted by Gasteiger charge is -2.08. The van der Waals surface area contributed by atoms with Crippen LogP contribution in [-0.2, 0) is 28.4 Å². The largest absolute Gasteiger partial charge is 0.477 e. The molecule has 0 aliphatic carbocycles. The Kier molecular flexibility index (Phi) is 22.6. The molecule has 0 saturated heterocycles. The lowest BCUT2D eigenvalue weighted by molar-refractivity contribution is 0.0598. The summed E-state index contributed by atoms with van der Waals surface area (Å²) in [6, 6.07) is 50.9. The lowest BCUT2D eigenvalue weighted by Crippen LogP contribution is -2.05. The molecule has 0 aliphatic heterocycles. The second-order valence-electron chi connectivity index (χ2n) is 15.5. The quantitative estimate of drug-likeness (QED) is 0.0656. The molecule has 0 atom stereocenters. The maximum atomic E-state index is 12.1. The zero-order valence-electron chi connectivity index (χ0n) is 39.6. The Bertz CT molecular complexity index is 3360. The normalized spacial score (nSPS) is 10.4. The molecule has 3 heterocycles. The van der Waals surface area contributed by atoms with Gasteiger partial charge in [-0.1, -0.05) is 179 Å². The minimum Gasteiger partial charge on any atom is -0.477 e. The molecular weight excluding hydrogens is 1160 g/mol. The van der Waals surface area contributed by atoms with Crippen molar-refractivity contribution in [2.24, 2.45) is 0 Å². The first kappa shape index (κ1) is 58.5. The van der Waals surface area contributed by atoms with Crippen LogP contribution < -0.4 is 16.4 Å². The highest BCUT2D eigenvalue weighted by atomic mass is 35.5. The number of carbonyl (C=O) groups excluding carboxylic acids is 2. The molecule has 0 aliphatic rings. The van der Waals surface area contributed by atoms with Gasteiger partial charge in [0.05, 0.1) is 31.3 Å². The number of carboxylic acids is 1. The van der Waals surface area contributed by atoms with Crippen LogP contribution in [0.3, 0.4) is 0 Å². The van der Waals surface area contributed by atoms with Crippen molar-refractivity contribution in [3.05, 3.63) is 225 Å². The third-order valence-corrected chi connectivity index (χ3v) is 16.0. The highest BCUT2D eigenvalue weighted by Crippen LogP contribution is 2.38. The second kappa shape index (κ2) is 29.0. The molecule has 386 valence electrons. The number of benzene rings is 6.